The highest BCUT2D eigenvalue weighted by atomic mass is 16.4. The molecule has 1 heterocycles. The molecule has 0 unspecified atom stereocenters. The first kappa shape index (κ1) is 21.5. The van der Waals surface area contributed by atoms with E-state index in [1.54, 1.807) is 20.8 Å². The Morgan fingerprint density at radius 1 is 1.12 bits per heavy atom. The van der Waals surface area contributed by atoms with Gasteiger partial charge in [0.1, 0.15) is 17.8 Å². The molecule has 0 fully saturated rings. The van der Waals surface area contributed by atoms with Crippen molar-refractivity contribution < 1.29 is 19.5 Å². The summed E-state index contributed by atoms with van der Waals surface area (Å²) in [5.74, 6) is -2.29. The van der Waals surface area contributed by atoms with Crippen LogP contribution in [0.4, 0.5) is 0 Å². The average molecular weight is 364 g/mol. The van der Waals surface area contributed by atoms with Crippen LogP contribution in [-0.2, 0) is 9.59 Å². The van der Waals surface area contributed by atoms with Crippen molar-refractivity contribution in [1.82, 2.24) is 20.6 Å². The topological polar surface area (TPSA) is 121 Å². The number of carboxylic acids is 1. The van der Waals surface area contributed by atoms with Gasteiger partial charge in [0.05, 0.1) is 6.20 Å². The van der Waals surface area contributed by atoms with Gasteiger partial charge in [0.25, 0.3) is 5.91 Å². The normalized spacial score (nSPS) is 13.8. The molecule has 1 rings (SSSR count). The van der Waals surface area contributed by atoms with E-state index in [-0.39, 0.29) is 11.6 Å². The lowest BCUT2D eigenvalue weighted by molar-refractivity contribution is -0.145. The van der Waals surface area contributed by atoms with E-state index in [2.05, 4.69) is 20.6 Å². The van der Waals surface area contributed by atoms with Crippen molar-refractivity contribution >= 4 is 17.8 Å². The number of nitrogens with zero attached hydrogens (tertiary/aromatic N) is 2. The molecule has 1 aromatic heterocycles. The Balaban J connectivity index is 3.03. The number of carboxylic acid groups (broad SMARTS) is 1. The molecule has 0 aliphatic rings. The fourth-order valence-electron chi connectivity index (χ4n) is 2.67. The average Bonchev–Trinajstić information content (AvgIpc) is 2.58. The number of aliphatic carboxylic acids is 1. The van der Waals surface area contributed by atoms with Crippen LogP contribution in [0.25, 0.3) is 0 Å². The van der Waals surface area contributed by atoms with Crippen molar-refractivity contribution in [1.29, 1.82) is 0 Å². The van der Waals surface area contributed by atoms with Gasteiger partial charge >= 0.3 is 5.97 Å². The largest absolute Gasteiger partial charge is 0.480 e. The van der Waals surface area contributed by atoms with Gasteiger partial charge in [-0.1, -0.05) is 47.5 Å². The van der Waals surface area contributed by atoms with Crippen LogP contribution in [0.1, 0.15) is 57.9 Å². The van der Waals surface area contributed by atoms with Crippen molar-refractivity contribution in [3.05, 3.63) is 24.3 Å². The molecule has 0 aromatic carbocycles. The fourth-order valence-corrected chi connectivity index (χ4v) is 2.67. The lowest BCUT2D eigenvalue weighted by Crippen LogP contribution is -2.57. The second-order valence-corrected chi connectivity index (χ2v) is 7.26. The number of hydrogen-bond donors (Lipinski definition) is 3. The summed E-state index contributed by atoms with van der Waals surface area (Å²) in [6, 6.07) is -1.93. The summed E-state index contributed by atoms with van der Waals surface area (Å²) in [7, 11) is 0. The maximum atomic E-state index is 12.8. The van der Waals surface area contributed by atoms with Crippen molar-refractivity contribution in [3.63, 3.8) is 0 Å². The van der Waals surface area contributed by atoms with Crippen LogP contribution < -0.4 is 10.6 Å². The summed E-state index contributed by atoms with van der Waals surface area (Å²) in [5.41, 5.74) is -0.573. The Kier molecular flexibility index (Phi) is 7.67. The molecule has 3 N–H and O–H groups in total. The summed E-state index contributed by atoms with van der Waals surface area (Å²) in [6.07, 6.45) is 5.46. The Hall–Kier alpha value is -2.51. The van der Waals surface area contributed by atoms with E-state index in [0.717, 1.165) is 0 Å². The fraction of sp³-hybridized carbons (Fsp3) is 0.611. The molecule has 0 spiro atoms. The highest BCUT2D eigenvalue weighted by molar-refractivity contribution is 5.96. The van der Waals surface area contributed by atoms with Crippen LogP contribution in [0.5, 0.6) is 0 Å². The van der Waals surface area contributed by atoms with Crippen LogP contribution in [0.3, 0.4) is 0 Å². The zero-order valence-corrected chi connectivity index (χ0v) is 15.9. The number of carbonyl (C=O) groups is 3. The maximum Gasteiger partial charge on any atom is 0.326 e. The van der Waals surface area contributed by atoms with Gasteiger partial charge in [-0.15, -0.1) is 0 Å². The quantitative estimate of drug-likeness (QED) is 0.644. The number of aromatic nitrogens is 2. The van der Waals surface area contributed by atoms with Gasteiger partial charge in [-0.2, -0.15) is 0 Å². The summed E-state index contributed by atoms with van der Waals surface area (Å²) in [5, 5.41) is 14.7. The highest BCUT2D eigenvalue weighted by Crippen LogP contribution is 2.21. The first-order chi connectivity index (χ1) is 12.1. The van der Waals surface area contributed by atoms with Gasteiger partial charge < -0.3 is 15.7 Å². The molecule has 0 bridgehead atoms. The summed E-state index contributed by atoms with van der Waals surface area (Å²) in [6.45, 7) is 9.03. The summed E-state index contributed by atoms with van der Waals surface area (Å²) < 4.78 is 0. The molecule has 8 nitrogen and oxygen atoms in total. The standard InChI is InChI=1S/C18H28N4O4/c1-6-11(7-2)13(21-15(23)12-10-19-8-9-20-12)16(24)22-14(17(25)26)18(3,4)5/h8-11,13-14H,6-7H2,1-5H3,(H,21,23)(H,22,24)(H,25,26)/t13-,14+/m0/s1. The van der Waals surface area contributed by atoms with Crippen molar-refractivity contribution in [2.24, 2.45) is 11.3 Å². The lowest BCUT2D eigenvalue weighted by atomic mass is 9.86. The minimum Gasteiger partial charge on any atom is -0.480 e. The van der Waals surface area contributed by atoms with Crippen LogP contribution >= 0.6 is 0 Å². The van der Waals surface area contributed by atoms with E-state index in [4.69, 9.17) is 0 Å². The molecule has 0 aliphatic heterocycles. The number of rotatable bonds is 8. The molecular weight excluding hydrogens is 336 g/mol. The predicted octanol–water partition coefficient (Wildman–Crippen LogP) is 1.63. The minimum atomic E-state index is -1.12. The molecule has 0 aliphatic carbocycles. The van der Waals surface area contributed by atoms with Gasteiger partial charge in [0, 0.05) is 12.4 Å². The van der Waals surface area contributed by atoms with E-state index >= 15 is 0 Å². The molecule has 144 valence electrons. The first-order valence-electron chi connectivity index (χ1n) is 8.71. The van der Waals surface area contributed by atoms with Gasteiger partial charge in [0.2, 0.25) is 5.91 Å². The van der Waals surface area contributed by atoms with E-state index in [1.807, 2.05) is 13.8 Å². The molecule has 0 radical (unpaired) electrons. The van der Waals surface area contributed by atoms with E-state index in [9.17, 15) is 19.5 Å². The van der Waals surface area contributed by atoms with E-state index in [0.29, 0.717) is 12.8 Å². The van der Waals surface area contributed by atoms with E-state index < -0.39 is 35.3 Å². The molecule has 0 saturated heterocycles. The third-order valence-electron chi connectivity index (χ3n) is 4.28. The maximum absolute atomic E-state index is 12.8. The van der Waals surface area contributed by atoms with Crippen LogP contribution in [0.15, 0.2) is 18.6 Å². The number of nitrogens with one attached hydrogen (secondary N) is 2. The molecular formula is C18H28N4O4. The third kappa shape index (κ3) is 5.79. The SMILES string of the molecule is CCC(CC)[C@H](NC(=O)c1cnccn1)C(=O)N[C@H](C(=O)O)C(C)(C)C. The monoisotopic (exact) mass is 364 g/mol. The first-order valence-corrected chi connectivity index (χ1v) is 8.71. The second-order valence-electron chi connectivity index (χ2n) is 7.26. The predicted molar refractivity (Wildman–Crippen MR) is 96.4 cm³/mol. The molecule has 2 amide bonds. The Labute approximate surface area is 153 Å². The van der Waals surface area contributed by atoms with Gasteiger partial charge in [-0.3, -0.25) is 14.6 Å². The number of carbonyl (C=O) groups excluding carboxylic acids is 2. The van der Waals surface area contributed by atoms with Gasteiger partial charge in [-0.25, -0.2) is 9.78 Å². The third-order valence-corrected chi connectivity index (χ3v) is 4.28. The van der Waals surface area contributed by atoms with Gasteiger partial charge in [-0.05, 0) is 11.3 Å². The number of hydrogen-bond acceptors (Lipinski definition) is 5. The lowest BCUT2D eigenvalue weighted by Gasteiger charge is -2.31. The Morgan fingerprint density at radius 2 is 1.73 bits per heavy atom. The van der Waals surface area contributed by atoms with Crippen LogP contribution in [-0.4, -0.2) is 44.9 Å². The molecule has 2 atom stereocenters. The second kappa shape index (κ2) is 9.26. The Morgan fingerprint density at radius 3 is 2.15 bits per heavy atom. The van der Waals surface area contributed by atoms with E-state index in [1.165, 1.54) is 18.6 Å². The van der Waals surface area contributed by atoms with Crippen molar-refractivity contribution in [2.75, 3.05) is 0 Å². The minimum absolute atomic E-state index is 0.0989. The smallest absolute Gasteiger partial charge is 0.326 e. The molecule has 1 aromatic rings. The Bertz CT molecular complexity index is 624. The molecule has 26 heavy (non-hydrogen) atoms. The van der Waals surface area contributed by atoms with Gasteiger partial charge in [0.15, 0.2) is 0 Å². The number of amides is 2. The van der Waals surface area contributed by atoms with Crippen LogP contribution in [0, 0.1) is 11.3 Å². The zero-order valence-electron chi connectivity index (χ0n) is 15.9. The molecule has 0 saturated carbocycles. The summed E-state index contributed by atoms with van der Waals surface area (Å²) in [4.78, 5) is 44.5. The van der Waals surface area contributed by atoms with Crippen molar-refractivity contribution in [3.8, 4) is 0 Å². The van der Waals surface area contributed by atoms with Crippen LogP contribution in [0.2, 0.25) is 0 Å². The highest BCUT2D eigenvalue weighted by Gasteiger charge is 2.36. The summed E-state index contributed by atoms with van der Waals surface area (Å²) >= 11 is 0. The molecule has 8 heteroatoms. The zero-order chi connectivity index (χ0) is 19.9. The van der Waals surface area contributed by atoms with Crippen molar-refractivity contribution in [2.45, 2.75) is 59.5 Å².